The van der Waals surface area contributed by atoms with Crippen LogP contribution in [0.1, 0.15) is 12.5 Å². The lowest BCUT2D eigenvalue weighted by Crippen LogP contribution is -2.29. The van der Waals surface area contributed by atoms with Crippen LogP contribution >= 0.6 is 0 Å². The average molecular weight is 239 g/mol. The third-order valence-electron chi connectivity index (χ3n) is 2.54. The minimum atomic E-state index is -0.387. The molecule has 0 aromatic heterocycles. The fourth-order valence-electron chi connectivity index (χ4n) is 1.65. The summed E-state index contributed by atoms with van der Waals surface area (Å²) in [4.78, 5) is 2.00. The second-order valence-corrected chi connectivity index (χ2v) is 3.65. The second-order valence-electron chi connectivity index (χ2n) is 3.65. The van der Waals surface area contributed by atoms with Crippen molar-refractivity contribution in [2.45, 2.75) is 6.92 Å². The molecule has 1 aromatic carbocycles. The number of hydrogen-bond acceptors (Lipinski definition) is 3. The molecule has 0 saturated heterocycles. The van der Waals surface area contributed by atoms with Gasteiger partial charge in [0.15, 0.2) is 0 Å². The van der Waals surface area contributed by atoms with Crippen molar-refractivity contribution in [3.8, 4) is 0 Å². The minimum Gasteiger partial charge on any atom is -0.384 e. The lowest BCUT2D eigenvalue weighted by Gasteiger charge is -2.25. The van der Waals surface area contributed by atoms with Gasteiger partial charge >= 0.3 is 0 Å². The van der Waals surface area contributed by atoms with Crippen molar-refractivity contribution in [2.24, 2.45) is 5.73 Å². The maximum Gasteiger partial charge on any atom is 0.125 e. The van der Waals surface area contributed by atoms with Crippen molar-refractivity contribution in [3.63, 3.8) is 0 Å². The summed E-state index contributed by atoms with van der Waals surface area (Å²) >= 11 is 0. The molecule has 0 spiro atoms. The largest absolute Gasteiger partial charge is 0.384 e. The number of nitrogen functional groups attached to an aromatic ring is 1. The SMILES string of the molecule is CCN(CCOC)c1ccc(F)cc1C(=N)N. The van der Waals surface area contributed by atoms with Crippen LogP contribution < -0.4 is 10.6 Å². The summed E-state index contributed by atoms with van der Waals surface area (Å²) in [5.41, 5.74) is 6.65. The van der Waals surface area contributed by atoms with E-state index in [1.54, 1.807) is 13.2 Å². The van der Waals surface area contributed by atoms with E-state index in [-0.39, 0.29) is 11.7 Å². The Labute approximate surface area is 101 Å². The first-order valence-electron chi connectivity index (χ1n) is 5.48. The topological polar surface area (TPSA) is 62.3 Å². The van der Waals surface area contributed by atoms with E-state index in [2.05, 4.69) is 0 Å². The molecule has 0 atom stereocenters. The molecule has 1 rings (SSSR count). The number of amidine groups is 1. The van der Waals surface area contributed by atoms with Crippen molar-refractivity contribution in [1.82, 2.24) is 0 Å². The molecule has 1 aromatic rings. The first-order chi connectivity index (χ1) is 8.10. The highest BCUT2D eigenvalue weighted by molar-refractivity contribution is 6.00. The molecule has 94 valence electrons. The number of methoxy groups -OCH3 is 1. The maximum absolute atomic E-state index is 13.1. The van der Waals surface area contributed by atoms with Crippen molar-refractivity contribution < 1.29 is 9.13 Å². The van der Waals surface area contributed by atoms with Gasteiger partial charge in [-0.3, -0.25) is 5.41 Å². The predicted octanol–water partition coefficient (Wildman–Crippen LogP) is 1.58. The number of nitrogens with two attached hydrogens (primary N) is 1. The Morgan fingerprint density at radius 1 is 1.53 bits per heavy atom. The minimum absolute atomic E-state index is 0.129. The van der Waals surface area contributed by atoms with E-state index in [9.17, 15) is 4.39 Å². The number of benzene rings is 1. The Kier molecular flexibility index (Phi) is 4.90. The molecule has 0 heterocycles. The molecule has 4 nitrogen and oxygen atoms in total. The van der Waals surface area contributed by atoms with Gasteiger partial charge in [-0.15, -0.1) is 0 Å². The van der Waals surface area contributed by atoms with E-state index >= 15 is 0 Å². The van der Waals surface area contributed by atoms with Crippen LogP contribution in [0, 0.1) is 11.2 Å². The number of halogens is 1. The Morgan fingerprint density at radius 2 is 2.24 bits per heavy atom. The van der Waals surface area contributed by atoms with Crippen LogP contribution in [0.3, 0.4) is 0 Å². The molecule has 17 heavy (non-hydrogen) atoms. The molecule has 0 radical (unpaired) electrons. The van der Waals surface area contributed by atoms with Crippen LogP contribution in [0.2, 0.25) is 0 Å². The summed E-state index contributed by atoms with van der Waals surface area (Å²) in [5, 5.41) is 7.47. The number of nitrogens with zero attached hydrogens (tertiary/aromatic N) is 1. The molecule has 0 unspecified atom stereocenters. The van der Waals surface area contributed by atoms with Crippen molar-refractivity contribution in [2.75, 3.05) is 31.7 Å². The van der Waals surface area contributed by atoms with E-state index < -0.39 is 0 Å². The molecule has 3 N–H and O–H groups in total. The molecule has 0 saturated carbocycles. The average Bonchev–Trinajstić information content (AvgIpc) is 2.31. The number of ether oxygens (including phenoxy) is 1. The zero-order chi connectivity index (χ0) is 12.8. The molecule has 0 aliphatic carbocycles. The second kappa shape index (κ2) is 6.20. The standard InChI is InChI=1S/C12H18FN3O/c1-3-16(6-7-17-2)11-5-4-9(13)8-10(11)12(14)15/h4-5,8H,3,6-7H2,1-2H3,(H3,14,15). The van der Waals surface area contributed by atoms with Gasteiger partial charge in [0.1, 0.15) is 11.7 Å². The van der Waals surface area contributed by atoms with Crippen LogP contribution in [0.5, 0.6) is 0 Å². The van der Waals surface area contributed by atoms with Gasteiger partial charge < -0.3 is 15.4 Å². The molecule has 0 aliphatic rings. The summed E-state index contributed by atoms with van der Waals surface area (Å²) in [6.45, 7) is 3.99. The van der Waals surface area contributed by atoms with Crippen LogP contribution in [0.15, 0.2) is 18.2 Å². The van der Waals surface area contributed by atoms with E-state index in [0.717, 1.165) is 12.2 Å². The van der Waals surface area contributed by atoms with E-state index in [1.165, 1.54) is 12.1 Å². The van der Waals surface area contributed by atoms with Crippen molar-refractivity contribution in [1.29, 1.82) is 5.41 Å². The molecule has 0 bridgehead atoms. The highest BCUT2D eigenvalue weighted by Crippen LogP contribution is 2.21. The predicted molar refractivity (Wildman–Crippen MR) is 67.2 cm³/mol. The summed E-state index contributed by atoms with van der Waals surface area (Å²) in [6, 6.07) is 4.30. The summed E-state index contributed by atoms with van der Waals surface area (Å²) in [6.07, 6.45) is 0. The highest BCUT2D eigenvalue weighted by Gasteiger charge is 2.12. The van der Waals surface area contributed by atoms with Crippen LogP contribution in [0.25, 0.3) is 0 Å². The molecular weight excluding hydrogens is 221 g/mol. The quantitative estimate of drug-likeness (QED) is 0.585. The van der Waals surface area contributed by atoms with Crippen molar-refractivity contribution in [3.05, 3.63) is 29.6 Å². The third kappa shape index (κ3) is 3.42. The van der Waals surface area contributed by atoms with Gasteiger partial charge in [0.05, 0.1) is 6.61 Å². The zero-order valence-corrected chi connectivity index (χ0v) is 10.2. The van der Waals surface area contributed by atoms with Gasteiger partial charge in [-0.05, 0) is 25.1 Å². The molecular formula is C12H18FN3O. The van der Waals surface area contributed by atoms with Gasteiger partial charge in [-0.2, -0.15) is 0 Å². The molecule has 0 fully saturated rings. The fraction of sp³-hybridized carbons (Fsp3) is 0.417. The van der Waals surface area contributed by atoms with E-state index in [4.69, 9.17) is 15.9 Å². The Bertz CT molecular complexity index is 395. The normalized spacial score (nSPS) is 10.3. The third-order valence-corrected chi connectivity index (χ3v) is 2.54. The fourth-order valence-corrected chi connectivity index (χ4v) is 1.65. The van der Waals surface area contributed by atoms with Gasteiger partial charge in [-0.25, -0.2) is 4.39 Å². The van der Waals surface area contributed by atoms with Gasteiger partial charge in [0, 0.05) is 31.5 Å². The lowest BCUT2D eigenvalue weighted by molar-refractivity contribution is 0.205. The number of nitrogens with one attached hydrogen (secondary N) is 1. The summed E-state index contributed by atoms with van der Waals surface area (Å²) in [7, 11) is 1.63. The maximum atomic E-state index is 13.1. The Morgan fingerprint density at radius 3 is 2.76 bits per heavy atom. The number of hydrogen-bond donors (Lipinski definition) is 2. The highest BCUT2D eigenvalue weighted by atomic mass is 19.1. The Balaban J connectivity index is 3.05. The van der Waals surface area contributed by atoms with Gasteiger partial charge in [0.25, 0.3) is 0 Å². The monoisotopic (exact) mass is 239 g/mol. The van der Waals surface area contributed by atoms with E-state index in [0.29, 0.717) is 18.7 Å². The summed E-state index contributed by atoms with van der Waals surface area (Å²) < 4.78 is 18.2. The van der Waals surface area contributed by atoms with Crippen LogP contribution in [-0.4, -0.2) is 32.6 Å². The van der Waals surface area contributed by atoms with Crippen LogP contribution in [0.4, 0.5) is 10.1 Å². The van der Waals surface area contributed by atoms with Gasteiger partial charge in [-0.1, -0.05) is 0 Å². The lowest BCUT2D eigenvalue weighted by atomic mass is 10.1. The molecule has 5 heteroatoms. The van der Waals surface area contributed by atoms with Gasteiger partial charge in [0.2, 0.25) is 0 Å². The zero-order valence-electron chi connectivity index (χ0n) is 10.2. The first kappa shape index (κ1) is 13.4. The first-order valence-corrected chi connectivity index (χ1v) is 5.48. The Hall–Kier alpha value is -1.62. The molecule has 0 amide bonds. The molecule has 0 aliphatic heterocycles. The number of rotatable bonds is 6. The summed E-state index contributed by atoms with van der Waals surface area (Å²) in [5.74, 6) is -0.517. The van der Waals surface area contributed by atoms with E-state index in [1.807, 2.05) is 11.8 Å². The number of anilines is 1. The van der Waals surface area contributed by atoms with Crippen LogP contribution in [-0.2, 0) is 4.74 Å². The smallest absolute Gasteiger partial charge is 0.125 e. The van der Waals surface area contributed by atoms with Crippen molar-refractivity contribution >= 4 is 11.5 Å². The number of likely N-dealkylation sites (N-methyl/N-ethyl adjacent to an activating group) is 1.